The number of rotatable bonds is 9. The summed E-state index contributed by atoms with van der Waals surface area (Å²) in [5.41, 5.74) is 1.05. The van der Waals surface area contributed by atoms with Crippen molar-refractivity contribution in [2.24, 2.45) is 11.8 Å². The van der Waals surface area contributed by atoms with E-state index >= 15 is 0 Å². The number of carbonyl (C=O) groups excluding carboxylic acids is 3. The van der Waals surface area contributed by atoms with Gasteiger partial charge >= 0.3 is 11.9 Å². The van der Waals surface area contributed by atoms with Gasteiger partial charge < -0.3 is 20.0 Å². The van der Waals surface area contributed by atoms with E-state index in [1.165, 1.54) is 6.08 Å². The molecule has 0 spiro atoms. The average molecular weight is 550 g/mol. The normalized spacial score (nSPS) is 27.8. The summed E-state index contributed by atoms with van der Waals surface area (Å²) in [6.45, 7) is 21.0. The summed E-state index contributed by atoms with van der Waals surface area (Å²) in [4.78, 5) is 44.8. The number of ether oxygens (including phenoxy) is 1. The van der Waals surface area contributed by atoms with Crippen molar-refractivity contribution < 1.29 is 29.1 Å². The standard InChI is InChI=1S/C24H33N3O5S.C2H6O.C2H4/c1-5-7-22(30)31-24-23(14(3)19-12-20(28)27(19)24)33-18-11-17(10-16-8-9-25-15(16)4)26(13-18)32-21(29)6-2;1-2-3;1-2/h5,14,16-19,25H,1,4,6-13H2,2-3H3;3H,2H2,1H3;1-2H2/t14?,16?,17-,18?,19?;;/m1../s1. The van der Waals surface area contributed by atoms with E-state index in [1.807, 2.05) is 5.06 Å². The van der Waals surface area contributed by atoms with Crippen molar-refractivity contribution in [2.45, 2.75) is 76.6 Å². The fourth-order valence-corrected chi connectivity index (χ4v) is 6.57. The molecule has 4 unspecified atom stereocenters. The van der Waals surface area contributed by atoms with E-state index < -0.39 is 5.97 Å². The molecule has 0 aromatic carbocycles. The van der Waals surface area contributed by atoms with Crippen LogP contribution in [0.3, 0.4) is 0 Å². The number of carbonyl (C=O) groups is 3. The Morgan fingerprint density at radius 3 is 2.50 bits per heavy atom. The second-order valence-electron chi connectivity index (χ2n) is 9.50. The van der Waals surface area contributed by atoms with E-state index in [9.17, 15) is 14.4 Å². The zero-order valence-corrected chi connectivity index (χ0v) is 23.8. The van der Waals surface area contributed by atoms with Crippen LogP contribution in [-0.4, -0.2) is 69.9 Å². The Bertz CT molecular complexity index is 922. The highest BCUT2D eigenvalue weighted by Gasteiger charge is 2.52. The van der Waals surface area contributed by atoms with Gasteiger partial charge in [-0.05, 0) is 26.2 Å². The third-order valence-corrected chi connectivity index (χ3v) is 8.42. The molecule has 9 nitrogen and oxygen atoms in total. The average Bonchev–Trinajstić information content (AvgIpc) is 3.52. The summed E-state index contributed by atoms with van der Waals surface area (Å²) < 4.78 is 5.64. The van der Waals surface area contributed by atoms with Crippen molar-refractivity contribution in [1.82, 2.24) is 15.3 Å². The van der Waals surface area contributed by atoms with Crippen LogP contribution in [-0.2, 0) is 24.0 Å². The van der Waals surface area contributed by atoms with Gasteiger partial charge in [-0.3, -0.25) is 19.3 Å². The molecule has 5 atom stereocenters. The smallest absolute Gasteiger partial charge is 0.324 e. The molecule has 38 heavy (non-hydrogen) atoms. The van der Waals surface area contributed by atoms with Gasteiger partial charge in [0.2, 0.25) is 11.8 Å². The number of aliphatic hydroxyl groups excluding tert-OH is 1. The van der Waals surface area contributed by atoms with E-state index in [2.05, 4.69) is 38.6 Å². The molecule has 4 heterocycles. The van der Waals surface area contributed by atoms with Crippen LogP contribution < -0.4 is 5.32 Å². The number of allylic oxidation sites excluding steroid dienone is 1. The number of hydrogen-bond acceptors (Lipinski definition) is 9. The number of nitrogens with zero attached hydrogens (tertiary/aromatic N) is 2. The number of esters is 1. The Labute approximate surface area is 230 Å². The van der Waals surface area contributed by atoms with Gasteiger partial charge in [-0.15, -0.1) is 36.6 Å². The van der Waals surface area contributed by atoms with E-state index in [0.29, 0.717) is 31.2 Å². The molecular formula is C28H43N3O6S. The van der Waals surface area contributed by atoms with E-state index in [1.54, 1.807) is 30.5 Å². The molecule has 0 bridgehead atoms. The number of hydrogen-bond donors (Lipinski definition) is 2. The summed E-state index contributed by atoms with van der Waals surface area (Å²) in [6.07, 6.45) is 5.14. The molecule has 0 aromatic rings. The molecule has 3 fully saturated rings. The van der Waals surface area contributed by atoms with Crippen LogP contribution in [0.1, 0.15) is 59.3 Å². The van der Waals surface area contributed by atoms with Crippen LogP contribution in [0.5, 0.6) is 0 Å². The van der Waals surface area contributed by atoms with Gasteiger partial charge in [0.25, 0.3) is 0 Å². The van der Waals surface area contributed by atoms with Gasteiger partial charge in [0.05, 0.1) is 17.4 Å². The van der Waals surface area contributed by atoms with Crippen LogP contribution in [0.15, 0.2) is 48.9 Å². The highest BCUT2D eigenvalue weighted by atomic mass is 32.2. The first kappa shape index (κ1) is 31.7. The van der Waals surface area contributed by atoms with Crippen molar-refractivity contribution in [3.63, 3.8) is 0 Å². The minimum absolute atomic E-state index is 0.0149. The van der Waals surface area contributed by atoms with E-state index in [-0.39, 0.29) is 48.2 Å². The minimum Gasteiger partial charge on any atom is -0.408 e. The fraction of sp³-hybridized carbons (Fsp3) is 0.607. The molecule has 212 valence electrons. The molecule has 4 rings (SSSR count). The van der Waals surface area contributed by atoms with Crippen molar-refractivity contribution in [3.05, 3.63) is 48.9 Å². The Morgan fingerprint density at radius 1 is 1.26 bits per heavy atom. The zero-order chi connectivity index (χ0) is 28.4. The molecule has 4 aliphatic heterocycles. The van der Waals surface area contributed by atoms with Crippen molar-refractivity contribution in [3.8, 4) is 0 Å². The Morgan fingerprint density at radius 2 is 1.95 bits per heavy atom. The number of β-lactam (4-membered cyclic amide) rings is 1. The second-order valence-corrected chi connectivity index (χ2v) is 10.8. The van der Waals surface area contributed by atoms with Crippen LogP contribution >= 0.6 is 11.8 Å². The number of amides is 1. The number of hydroxylamine groups is 2. The van der Waals surface area contributed by atoms with Gasteiger partial charge in [-0.1, -0.05) is 26.5 Å². The number of thioether (sulfide) groups is 1. The molecule has 2 N–H and O–H groups in total. The Hall–Kier alpha value is -2.56. The second kappa shape index (κ2) is 15.1. The summed E-state index contributed by atoms with van der Waals surface area (Å²) in [5.74, 6) is 0.176. The van der Waals surface area contributed by atoms with Gasteiger partial charge in [-0.2, -0.15) is 0 Å². The third kappa shape index (κ3) is 7.51. The molecule has 0 aliphatic carbocycles. The van der Waals surface area contributed by atoms with Gasteiger partial charge in [0, 0.05) is 61.4 Å². The molecule has 3 saturated heterocycles. The van der Waals surface area contributed by atoms with Crippen LogP contribution in [0, 0.1) is 11.8 Å². The quantitative estimate of drug-likeness (QED) is 0.252. The lowest BCUT2D eigenvalue weighted by Crippen LogP contribution is -2.51. The number of nitrogens with one attached hydrogen (secondary N) is 1. The van der Waals surface area contributed by atoms with Gasteiger partial charge in [0.1, 0.15) is 0 Å². The van der Waals surface area contributed by atoms with E-state index in [4.69, 9.17) is 14.7 Å². The van der Waals surface area contributed by atoms with Crippen molar-refractivity contribution in [1.29, 1.82) is 0 Å². The predicted molar refractivity (Wildman–Crippen MR) is 149 cm³/mol. The van der Waals surface area contributed by atoms with Crippen LogP contribution in [0.4, 0.5) is 0 Å². The summed E-state index contributed by atoms with van der Waals surface area (Å²) in [6, 6.07) is 0.146. The molecule has 1 amide bonds. The number of fused-ring (bicyclic) bond motifs is 1. The first-order valence-electron chi connectivity index (χ1n) is 13.3. The van der Waals surface area contributed by atoms with Crippen LogP contribution in [0.25, 0.3) is 0 Å². The Balaban J connectivity index is 0.000000947. The molecule has 10 heteroatoms. The van der Waals surface area contributed by atoms with E-state index in [0.717, 1.165) is 36.4 Å². The summed E-state index contributed by atoms with van der Waals surface area (Å²) >= 11 is 1.65. The van der Waals surface area contributed by atoms with Gasteiger partial charge in [-0.25, -0.2) is 0 Å². The van der Waals surface area contributed by atoms with Crippen LogP contribution in [0.2, 0.25) is 0 Å². The summed E-state index contributed by atoms with van der Waals surface area (Å²) in [5, 5.41) is 12.9. The Kier molecular flexibility index (Phi) is 12.6. The predicted octanol–water partition coefficient (Wildman–Crippen LogP) is 3.88. The van der Waals surface area contributed by atoms with Crippen molar-refractivity contribution in [2.75, 3.05) is 19.7 Å². The molecule has 0 saturated carbocycles. The maximum Gasteiger partial charge on any atom is 0.324 e. The first-order valence-corrected chi connectivity index (χ1v) is 14.2. The SMILES string of the molecule is C=C.C=CCC(=O)OC1=C(SC2C[C@@H](CC3CCNC3=C)N(OC(=O)CC)C2)C(C)C2CC(=O)N12.CCO. The maximum atomic E-state index is 12.3. The first-order chi connectivity index (χ1) is 18.2. The minimum atomic E-state index is -0.416. The monoisotopic (exact) mass is 549 g/mol. The molecule has 4 aliphatic rings. The lowest BCUT2D eigenvalue weighted by Gasteiger charge is -2.37. The van der Waals surface area contributed by atoms with Gasteiger partial charge in [0.15, 0.2) is 0 Å². The lowest BCUT2D eigenvalue weighted by atomic mass is 9.94. The molecule has 0 aromatic heterocycles. The lowest BCUT2D eigenvalue weighted by molar-refractivity contribution is -0.195. The third-order valence-electron chi connectivity index (χ3n) is 6.95. The topological polar surface area (TPSA) is 108 Å². The highest BCUT2D eigenvalue weighted by Crippen LogP contribution is 2.50. The molecule has 0 radical (unpaired) electrons. The maximum absolute atomic E-state index is 12.3. The summed E-state index contributed by atoms with van der Waals surface area (Å²) in [7, 11) is 0. The largest absolute Gasteiger partial charge is 0.408 e. The highest BCUT2D eigenvalue weighted by molar-refractivity contribution is 8.03. The number of aliphatic hydroxyl groups is 1. The van der Waals surface area contributed by atoms with Crippen molar-refractivity contribution >= 4 is 29.6 Å². The molecular weight excluding hydrogens is 506 g/mol. The fourth-order valence-electron chi connectivity index (χ4n) is 5.06. The zero-order valence-electron chi connectivity index (χ0n) is 22.9.